The summed E-state index contributed by atoms with van der Waals surface area (Å²) in [6.45, 7) is 0. The smallest absolute Gasteiger partial charge is 0.0256 e. The first-order chi connectivity index (χ1) is 50.4. The molecule has 0 heterocycles. The van der Waals surface area contributed by atoms with E-state index in [4.69, 9.17) is 0 Å². The Morgan fingerprint density at radius 2 is 0.127 bits per heavy atom. The van der Waals surface area contributed by atoms with Gasteiger partial charge in [-0.15, -0.1) is 0 Å². The lowest BCUT2D eigenvalue weighted by Gasteiger charge is -2.00. The van der Waals surface area contributed by atoms with E-state index in [2.05, 4.69) is 461 Å². The van der Waals surface area contributed by atoms with E-state index in [9.17, 15) is 0 Å². The SMILES string of the molecule is C(=C/c1ccc(/C=C/c2ccc(/C=C/c3ccc(/C=C/c4ccc(/C=C/c5ccc(/C=C/c6ccc(/C=C/c7ccc(/C=C/c8ccc(/C=C/c9ccccc9)cc8)cc7)cc6)cc5)cc4)cc3)cc2)cc1)/c1ccc(/C=C/c2ccc(/C=C/c3ccc(/C=C/c4ccccc4)cc3)cc2)cc1. The minimum Gasteiger partial charge on any atom is -0.0622 e. The minimum atomic E-state index is 1.16. The van der Waals surface area contributed by atoms with E-state index >= 15 is 0 Å². The molecule has 0 amide bonds. The summed E-state index contributed by atoms with van der Waals surface area (Å²) in [4.78, 5) is 0. The Bertz CT molecular complexity index is 4850. The molecule has 0 saturated carbocycles. The zero-order valence-electron chi connectivity index (χ0n) is 57.0. The van der Waals surface area contributed by atoms with Crippen LogP contribution >= 0.6 is 0 Å². The summed E-state index contributed by atoms with van der Waals surface area (Å²) in [6, 6.07) is 116. The summed E-state index contributed by atoms with van der Waals surface area (Å²) >= 11 is 0. The fourth-order valence-corrected chi connectivity index (χ4v) is 11.3. The van der Waals surface area contributed by atoms with Crippen LogP contribution in [0.25, 0.3) is 146 Å². The average Bonchev–Trinajstić information content (AvgIpc) is 0.983. The van der Waals surface area contributed by atoms with E-state index in [1.165, 1.54) is 66.8 Å². The summed E-state index contributed by atoms with van der Waals surface area (Å²) in [6.07, 6.45) is 51.9. The maximum Gasteiger partial charge on any atom is -0.0256 e. The van der Waals surface area contributed by atoms with E-state index in [0.717, 1.165) is 66.8 Å². The molecule has 0 fully saturated rings. The molecule has 102 heavy (non-hydrogen) atoms. The van der Waals surface area contributed by atoms with Gasteiger partial charge in [0.15, 0.2) is 0 Å². The molecule has 0 nitrogen and oxygen atoms in total. The van der Waals surface area contributed by atoms with Crippen LogP contribution in [0.2, 0.25) is 0 Å². The van der Waals surface area contributed by atoms with Crippen LogP contribution in [0.5, 0.6) is 0 Å². The van der Waals surface area contributed by atoms with Crippen molar-refractivity contribution < 1.29 is 0 Å². The molecule has 486 valence electrons. The summed E-state index contributed by atoms with van der Waals surface area (Å²) in [7, 11) is 0. The molecule has 0 spiro atoms. The third kappa shape index (κ3) is 21.4. The highest BCUT2D eigenvalue weighted by atomic mass is 14.1. The standard InChI is InChI=1S/C102H78/c1-3-7-79(8-4-1)11-13-81-15-19-83(20-16-81)23-25-85-27-31-87(32-28-85)35-37-89-39-43-91(44-40-89)47-49-93-51-55-95(56-52-93)59-61-97-63-67-99(68-64-97)71-73-101-75-77-102(78-76-101)74-72-100-69-65-98(66-70-100)62-60-96-57-53-94(54-58-96)50-48-92-45-41-90(42-46-92)38-36-88-33-29-86(30-34-88)26-24-84-21-17-82(18-22-84)14-12-80-9-5-2-6-10-80/h1-78H/b13-11+,14-12+,25-23+,26-24+,37-35+,38-36+,49-47-,50-48+,61-59+,62-60+,73-71+,74-72+. The van der Waals surface area contributed by atoms with E-state index < -0.39 is 0 Å². The van der Waals surface area contributed by atoms with Crippen molar-refractivity contribution in [1.82, 2.24) is 0 Å². The van der Waals surface area contributed by atoms with Crippen molar-refractivity contribution in [1.29, 1.82) is 0 Å². The van der Waals surface area contributed by atoms with Crippen LogP contribution in [0.1, 0.15) is 134 Å². The molecule has 0 atom stereocenters. The van der Waals surface area contributed by atoms with Crippen molar-refractivity contribution in [2.45, 2.75) is 0 Å². The van der Waals surface area contributed by atoms with Crippen molar-refractivity contribution in [3.05, 3.63) is 461 Å². The fourth-order valence-electron chi connectivity index (χ4n) is 11.3. The first kappa shape index (κ1) is 67.3. The van der Waals surface area contributed by atoms with Crippen LogP contribution in [0.3, 0.4) is 0 Å². The van der Waals surface area contributed by atoms with Gasteiger partial charge in [0, 0.05) is 0 Å². The van der Waals surface area contributed by atoms with Crippen molar-refractivity contribution in [3.63, 3.8) is 0 Å². The predicted molar refractivity (Wildman–Crippen MR) is 451 cm³/mol. The predicted octanol–water partition coefficient (Wildman–Crippen LogP) is 27.7. The van der Waals surface area contributed by atoms with Gasteiger partial charge in [-0.2, -0.15) is 0 Å². The van der Waals surface area contributed by atoms with E-state index in [-0.39, 0.29) is 0 Å². The number of rotatable bonds is 24. The Balaban J connectivity index is 0.499. The van der Waals surface area contributed by atoms with Gasteiger partial charge < -0.3 is 0 Å². The Labute approximate surface area is 603 Å². The van der Waals surface area contributed by atoms with Gasteiger partial charge in [0.25, 0.3) is 0 Å². The zero-order valence-corrected chi connectivity index (χ0v) is 57.0. The molecule has 0 aliphatic heterocycles. The van der Waals surface area contributed by atoms with Gasteiger partial charge in [-0.05, 0) is 134 Å². The number of benzene rings is 13. The molecule has 0 saturated heterocycles. The van der Waals surface area contributed by atoms with Crippen LogP contribution in [0.15, 0.2) is 328 Å². The van der Waals surface area contributed by atoms with Crippen LogP contribution in [-0.2, 0) is 0 Å². The third-order valence-electron chi connectivity index (χ3n) is 17.5. The largest absolute Gasteiger partial charge is 0.0622 e. The third-order valence-corrected chi connectivity index (χ3v) is 17.5. The van der Waals surface area contributed by atoms with Gasteiger partial charge in [-0.25, -0.2) is 0 Å². The Kier molecular flexibility index (Phi) is 23.3. The summed E-state index contributed by atoms with van der Waals surface area (Å²) in [5, 5.41) is 0. The van der Waals surface area contributed by atoms with Crippen molar-refractivity contribution >= 4 is 146 Å². The molecule has 13 rings (SSSR count). The number of hydrogen-bond donors (Lipinski definition) is 0. The molecular formula is C102H78. The zero-order chi connectivity index (χ0) is 69.0. The van der Waals surface area contributed by atoms with Gasteiger partial charge >= 0.3 is 0 Å². The summed E-state index contributed by atoms with van der Waals surface area (Å²) in [5.41, 5.74) is 28.1. The molecule has 0 unspecified atom stereocenters. The summed E-state index contributed by atoms with van der Waals surface area (Å²) in [5.74, 6) is 0. The molecule has 0 radical (unpaired) electrons. The molecule has 0 N–H and O–H groups in total. The van der Waals surface area contributed by atoms with Gasteiger partial charge in [0.05, 0.1) is 0 Å². The van der Waals surface area contributed by atoms with Crippen molar-refractivity contribution in [2.75, 3.05) is 0 Å². The van der Waals surface area contributed by atoms with Crippen molar-refractivity contribution in [2.24, 2.45) is 0 Å². The van der Waals surface area contributed by atoms with Gasteiger partial charge in [0.2, 0.25) is 0 Å². The van der Waals surface area contributed by atoms with Crippen LogP contribution < -0.4 is 0 Å². The van der Waals surface area contributed by atoms with Crippen LogP contribution in [0, 0.1) is 0 Å². The Hall–Kier alpha value is -13.3. The number of hydrogen-bond acceptors (Lipinski definition) is 0. The minimum absolute atomic E-state index is 1.16. The fraction of sp³-hybridized carbons (Fsp3) is 0. The Morgan fingerprint density at radius 3 is 0.196 bits per heavy atom. The molecule has 13 aromatic carbocycles. The van der Waals surface area contributed by atoms with E-state index in [0.29, 0.717) is 0 Å². The van der Waals surface area contributed by atoms with Gasteiger partial charge in [-0.3, -0.25) is 0 Å². The normalized spacial score (nSPS) is 12.2. The highest BCUT2D eigenvalue weighted by molar-refractivity contribution is 5.81. The van der Waals surface area contributed by atoms with Crippen LogP contribution in [-0.4, -0.2) is 0 Å². The monoisotopic (exact) mass is 1300 g/mol. The second-order valence-corrected chi connectivity index (χ2v) is 25.2. The van der Waals surface area contributed by atoms with E-state index in [1.807, 2.05) is 12.1 Å². The van der Waals surface area contributed by atoms with Gasteiger partial charge in [0.1, 0.15) is 0 Å². The lowest BCUT2D eigenvalue weighted by Crippen LogP contribution is -1.79. The lowest BCUT2D eigenvalue weighted by atomic mass is 10.1. The average molecular weight is 1300 g/mol. The highest BCUT2D eigenvalue weighted by Gasteiger charge is 2.01. The van der Waals surface area contributed by atoms with E-state index in [1.54, 1.807) is 0 Å². The first-order valence-corrected chi connectivity index (χ1v) is 34.8. The molecular weight excluding hydrogens is 1230 g/mol. The molecule has 0 aliphatic rings. The second-order valence-electron chi connectivity index (χ2n) is 25.2. The van der Waals surface area contributed by atoms with Crippen LogP contribution in [0.4, 0.5) is 0 Å². The lowest BCUT2D eigenvalue weighted by molar-refractivity contribution is 1.60. The topological polar surface area (TPSA) is 0 Å². The van der Waals surface area contributed by atoms with Crippen molar-refractivity contribution in [3.8, 4) is 0 Å². The maximum absolute atomic E-state index is 2.17. The Morgan fingerprint density at radius 1 is 0.0686 bits per heavy atom. The summed E-state index contributed by atoms with van der Waals surface area (Å²) < 4.78 is 0. The molecule has 0 bridgehead atoms. The second kappa shape index (κ2) is 35.3. The quantitative estimate of drug-likeness (QED) is 0.0529. The maximum atomic E-state index is 2.17. The van der Waals surface area contributed by atoms with Gasteiger partial charge in [-0.1, -0.05) is 473 Å². The first-order valence-electron chi connectivity index (χ1n) is 34.8. The molecule has 0 aromatic heterocycles. The molecule has 13 aromatic rings. The molecule has 0 aliphatic carbocycles. The highest BCUT2D eigenvalue weighted by Crippen LogP contribution is 2.23. The molecule has 0 heteroatoms.